The molecule has 0 aliphatic carbocycles. The van der Waals surface area contributed by atoms with E-state index in [-0.39, 0.29) is 28.3 Å². The van der Waals surface area contributed by atoms with Gasteiger partial charge in [-0.3, -0.25) is 4.79 Å². The highest BCUT2D eigenvalue weighted by Crippen LogP contribution is 2.24. The number of amides is 1. The van der Waals surface area contributed by atoms with Crippen LogP contribution in [-0.2, 0) is 4.79 Å². The largest absolute Gasteiger partial charge is 0.411 e. The van der Waals surface area contributed by atoms with Crippen LogP contribution in [0.4, 0.5) is 4.39 Å². The maximum absolute atomic E-state index is 13.5. The van der Waals surface area contributed by atoms with E-state index in [4.69, 9.17) is 4.42 Å². The zero-order valence-electron chi connectivity index (χ0n) is 10.9. The van der Waals surface area contributed by atoms with Crippen LogP contribution < -0.4 is 5.32 Å². The summed E-state index contributed by atoms with van der Waals surface area (Å²) in [5.74, 6) is -0.214. The molecule has 1 aromatic carbocycles. The molecule has 0 fully saturated rings. The number of halogens is 1. The summed E-state index contributed by atoms with van der Waals surface area (Å²) in [7, 11) is 0. The molecule has 0 aliphatic rings. The molecule has 5 nitrogen and oxygen atoms in total. The lowest BCUT2D eigenvalue weighted by Crippen LogP contribution is -2.25. The fraction of sp³-hybridized carbons (Fsp3) is 0.308. The molecular formula is C13H14FN3O2S. The molecule has 0 saturated heterocycles. The maximum atomic E-state index is 13.5. The Bertz CT molecular complexity index is 589. The normalized spacial score (nSPS) is 10.5. The molecule has 2 aromatic rings. The highest BCUT2D eigenvalue weighted by atomic mass is 32.2. The fourth-order valence-electron chi connectivity index (χ4n) is 1.45. The maximum Gasteiger partial charge on any atom is 0.277 e. The summed E-state index contributed by atoms with van der Waals surface area (Å²) in [5, 5.41) is 10.5. The number of hydrogen-bond donors (Lipinski definition) is 1. The van der Waals surface area contributed by atoms with E-state index in [1.54, 1.807) is 18.2 Å². The first-order valence-electron chi connectivity index (χ1n) is 6.18. The smallest absolute Gasteiger partial charge is 0.277 e. The molecule has 106 valence electrons. The van der Waals surface area contributed by atoms with Crippen molar-refractivity contribution >= 4 is 17.7 Å². The van der Waals surface area contributed by atoms with Gasteiger partial charge in [0.05, 0.1) is 11.3 Å². The predicted molar refractivity (Wildman–Crippen MR) is 73.7 cm³/mol. The van der Waals surface area contributed by atoms with Crippen LogP contribution in [0.5, 0.6) is 0 Å². The molecule has 1 aromatic heterocycles. The number of rotatable bonds is 6. The van der Waals surface area contributed by atoms with E-state index in [1.165, 1.54) is 6.07 Å². The quantitative estimate of drug-likeness (QED) is 0.829. The second-order valence-corrected chi connectivity index (χ2v) is 4.92. The molecule has 0 saturated carbocycles. The van der Waals surface area contributed by atoms with Gasteiger partial charge >= 0.3 is 0 Å². The SMILES string of the molecule is CCCNC(=O)CSc1nnc(-c2ccccc2F)o1. The van der Waals surface area contributed by atoms with Gasteiger partial charge in [-0.25, -0.2) is 4.39 Å². The number of nitrogens with zero attached hydrogens (tertiary/aromatic N) is 2. The van der Waals surface area contributed by atoms with E-state index in [1.807, 2.05) is 6.92 Å². The average Bonchev–Trinajstić information content (AvgIpc) is 2.92. The minimum atomic E-state index is -0.423. The van der Waals surface area contributed by atoms with E-state index in [0.717, 1.165) is 18.2 Å². The van der Waals surface area contributed by atoms with E-state index >= 15 is 0 Å². The van der Waals surface area contributed by atoms with Gasteiger partial charge in [0.15, 0.2) is 0 Å². The molecule has 2 rings (SSSR count). The Balaban J connectivity index is 1.96. The van der Waals surface area contributed by atoms with Crippen LogP contribution in [0.25, 0.3) is 11.5 Å². The van der Waals surface area contributed by atoms with Crippen molar-refractivity contribution in [3.63, 3.8) is 0 Å². The van der Waals surface area contributed by atoms with Gasteiger partial charge in [0, 0.05) is 6.54 Å². The first-order valence-corrected chi connectivity index (χ1v) is 7.17. The van der Waals surface area contributed by atoms with Crippen LogP contribution in [0.1, 0.15) is 13.3 Å². The number of carbonyl (C=O) groups is 1. The van der Waals surface area contributed by atoms with Crippen LogP contribution in [0, 0.1) is 5.82 Å². The highest BCUT2D eigenvalue weighted by molar-refractivity contribution is 7.99. The van der Waals surface area contributed by atoms with Crippen molar-refractivity contribution in [3.8, 4) is 11.5 Å². The lowest BCUT2D eigenvalue weighted by Gasteiger charge is -2.00. The zero-order chi connectivity index (χ0) is 14.4. The van der Waals surface area contributed by atoms with Gasteiger partial charge in [-0.05, 0) is 18.6 Å². The topological polar surface area (TPSA) is 68.0 Å². The molecule has 0 unspecified atom stereocenters. The Morgan fingerprint density at radius 2 is 2.20 bits per heavy atom. The second-order valence-electron chi connectivity index (χ2n) is 3.99. The lowest BCUT2D eigenvalue weighted by atomic mass is 10.2. The second kappa shape index (κ2) is 7.04. The summed E-state index contributed by atoms with van der Waals surface area (Å²) in [6.45, 7) is 2.62. The third kappa shape index (κ3) is 3.80. The minimum absolute atomic E-state index is 0.0949. The van der Waals surface area contributed by atoms with Crippen molar-refractivity contribution in [2.24, 2.45) is 0 Å². The summed E-state index contributed by atoms with van der Waals surface area (Å²) in [4.78, 5) is 11.4. The molecule has 1 N–H and O–H groups in total. The summed E-state index contributed by atoms with van der Waals surface area (Å²) < 4.78 is 18.9. The van der Waals surface area contributed by atoms with Gasteiger partial charge in [0.1, 0.15) is 5.82 Å². The Morgan fingerprint density at radius 1 is 1.40 bits per heavy atom. The molecule has 0 aliphatic heterocycles. The lowest BCUT2D eigenvalue weighted by molar-refractivity contribution is -0.118. The van der Waals surface area contributed by atoms with Crippen molar-refractivity contribution in [2.75, 3.05) is 12.3 Å². The molecule has 0 bridgehead atoms. The average molecular weight is 295 g/mol. The first kappa shape index (κ1) is 14.5. The Kier molecular flexibility index (Phi) is 5.11. The molecule has 1 amide bonds. The van der Waals surface area contributed by atoms with Crippen molar-refractivity contribution < 1.29 is 13.6 Å². The van der Waals surface area contributed by atoms with Crippen LogP contribution in [0.2, 0.25) is 0 Å². The van der Waals surface area contributed by atoms with E-state index in [0.29, 0.717) is 6.54 Å². The highest BCUT2D eigenvalue weighted by Gasteiger charge is 2.13. The zero-order valence-corrected chi connectivity index (χ0v) is 11.7. The molecule has 7 heteroatoms. The number of carbonyl (C=O) groups excluding carboxylic acids is 1. The Labute approximate surface area is 120 Å². The summed E-state index contributed by atoms with van der Waals surface area (Å²) in [6.07, 6.45) is 0.883. The predicted octanol–water partition coefficient (Wildman–Crippen LogP) is 2.49. The van der Waals surface area contributed by atoms with Gasteiger partial charge in [-0.2, -0.15) is 0 Å². The molecular weight excluding hydrogens is 281 g/mol. The number of hydrogen-bond acceptors (Lipinski definition) is 5. The van der Waals surface area contributed by atoms with Gasteiger partial charge in [0.25, 0.3) is 11.1 Å². The van der Waals surface area contributed by atoms with Crippen LogP contribution >= 0.6 is 11.8 Å². The van der Waals surface area contributed by atoms with E-state index in [9.17, 15) is 9.18 Å². The van der Waals surface area contributed by atoms with Gasteiger partial charge < -0.3 is 9.73 Å². The van der Waals surface area contributed by atoms with E-state index in [2.05, 4.69) is 15.5 Å². The first-order chi connectivity index (χ1) is 9.70. The number of aromatic nitrogens is 2. The molecule has 0 spiro atoms. The molecule has 0 radical (unpaired) electrons. The Hall–Kier alpha value is -1.89. The third-order valence-electron chi connectivity index (χ3n) is 2.41. The van der Waals surface area contributed by atoms with Crippen LogP contribution in [0.15, 0.2) is 33.9 Å². The Morgan fingerprint density at radius 3 is 2.95 bits per heavy atom. The van der Waals surface area contributed by atoms with Gasteiger partial charge in [-0.1, -0.05) is 30.8 Å². The van der Waals surface area contributed by atoms with Crippen molar-refractivity contribution in [1.82, 2.24) is 15.5 Å². The van der Waals surface area contributed by atoms with Crippen molar-refractivity contribution in [3.05, 3.63) is 30.1 Å². The number of thioether (sulfide) groups is 1. The summed E-state index contributed by atoms with van der Waals surface area (Å²) >= 11 is 1.13. The fourth-order valence-corrected chi connectivity index (χ4v) is 2.05. The number of benzene rings is 1. The monoisotopic (exact) mass is 295 g/mol. The minimum Gasteiger partial charge on any atom is -0.411 e. The van der Waals surface area contributed by atoms with Crippen LogP contribution in [-0.4, -0.2) is 28.4 Å². The van der Waals surface area contributed by atoms with Gasteiger partial charge in [-0.15, -0.1) is 10.2 Å². The molecule has 20 heavy (non-hydrogen) atoms. The third-order valence-corrected chi connectivity index (χ3v) is 3.23. The molecule has 0 atom stereocenters. The van der Waals surface area contributed by atoms with Gasteiger partial charge in [0.2, 0.25) is 5.91 Å². The summed E-state index contributed by atoms with van der Waals surface area (Å²) in [5.41, 5.74) is 0.252. The standard InChI is InChI=1S/C13H14FN3O2S/c1-2-7-15-11(18)8-20-13-17-16-12(19-13)9-5-3-4-6-10(9)14/h3-6H,2,7-8H2,1H3,(H,15,18). The summed E-state index contributed by atoms with van der Waals surface area (Å²) in [6, 6.07) is 6.16. The van der Waals surface area contributed by atoms with E-state index < -0.39 is 5.82 Å². The number of nitrogens with one attached hydrogen (secondary N) is 1. The molecule has 1 heterocycles. The van der Waals surface area contributed by atoms with Crippen molar-refractivity contribution in [2.45, 2.75) is 18.6 Å². The van der Waals surface area contributed by atoms with Crippen molar-refractivity contribution in [1.29, 1.82) is 0 Å². The van der Waals surface area contributed by atoms with Crippen LogP contribution in [0.3, 0.4) is 0 Å².